The van der Waals surface area contributed by atoms with Crippen molar-refractivity contribution in [3.63, 3.8) is 0 Å². The molecule has 0 bridgehead atoms. The summed E-state index contributed by atoms with van der Waals surface area (Å²) in [7, 11) is 0. The van der Waals surface area contributed by atoms with Crippen molar-refractivity contribution in [2.75, 3.05) is 11.9 Å². The molecule has 0 atom stereocenters. The zero-order valence-corrected chi connectivity index (χ0v) is 15.6. The second-order valence-electron chi connectivity index (χ2n) is 5.54. The molecule has 3 rings (SSSR count). The van der Waals surface area contributed by atoms with Crippen molar-refractivity contribution < 1.29 is 18.7 Å². The van der Waals surface area contributed by atoms with Gasteiger partial charge in [0, 0.05) is 15.9 Å². The molecule has 0 unspecified atom stereocenters. The van der Waals surface area contributed by atoms with E-state index >= 15 is 0 Å². The molecular formula is C20H14BrFN2O3. The quantitative estimate of drug-likeness (QED) is 0.484. The number of anilines is 1. The van der Waals surface area contributed by atoms with E-state index in [1.165, 1.54) is 24.3 Å². The topological polar surface area (TPSA) is 68.3 Å². The third-order valence-electron chi connectivity index (χ3n) is 3.56. The van der Waals surface area contributed by atoms with E-state index < -0.39 is 24.3 Å². The highest BCUT2D eigenvalue weighted by atomic mass is 79.9. The van der Waals surface area contributed by atoms with E-state index in [0.29, 0.717) is 10.2 Å². The van der Waals surface area contributed by atoms with E-state index in [0.717, 1.165) is 10.9 Å². The van der Waals surface area contributed by atoms with Gasteiger partial charge in [-0.1, -0.05) is 40.2 Å². The SMILES string of the molecule is O=C(COC(=O)/C=C/c1ccc2ccccc2n1)Nc1ccc(Br)cc1F. The van der Waals surface area contributed by atoms with Gasteiger partial charge in [-0.3, -0.25) is 4.79 Å². The molecule has 0 radical (unpaired) electrons. The Bertz CT molecular complexity index is 1040. The first kappa shape index (κ1) is 18.7. The van der Waals surface area contributed by atoms with Crippen LogP contribution in [-0.4, -0.2) is 23.5 Å². The molecule has 0 aliphatic carbocycles. The molecule has 0 saturated carbocycles. The molecule has 7 heteroatoms. The number of halogens is 2. The molecular weight excluding hydrogens is 415 g/mol. The molecule has 1 aromatic heterocycles. The maximum absolute atomic E-state index is 13.7. The van der Waals surface area contributed by atoms with Crippen LogP contribution < -0.4 is 5.32 Å². The smallest absolute Gasteiger partial charge is 0.331 e. The van der Waals surface area contributed by atoms with Gasteiger partial charge in [0.05, 0.1) is 16.9 Å². The van der Waals surface area contributed by atoms with Crippen LogP contribution in [0.3, 0.4) is 0 Å². The first-order valence-electron chi connectivity index (χ1n) is 7.97. The summed E-state index contributed by atoms with van der Waals surface area (Å²) in [5.41, 5.74) is 1.41. The predicted octanol–water partition coefficient (Wildman–Crippen LogP) is 4.33. The van der Waals surface area contributed by atoms with Gasteiger partial charge in [-0.15, -0.1) is 0 Å². The Morgan fingerprint density at radius 1 is 1.15 bits per heavy atom. The Labute approximate surface area is 163 Å². The monoisotopic (exact) mass is 428 g/mol. The molecule has 3 aromatic rings. The number of hydrogen-bond donors (Lipinski definition) is 1. The first-order chi connectivity index (χ1) is 13.0. The van der Waals surface area contributed by atoms with Crippen molar-refractivity contribution in [3.8, 4) is 0 Å². The Kier molecular flexibility index (Phi) is 5.93. The normalized spacial score (nSPS) is 10.9. The molecule has 27 heavy (non-hydrogen) atoms. The number of ether oxygens (including phenoxy) is 1. The van der Waals surface area contributed by atoms with Crippen molar-refractivity contribution in [1.82, 2.24) is 4.98 Å². The predicted molar refractivity (Wildman–Crippen MR) is 104 cm³/mol. The lowest BCUT2D eigenvalue weighted by atomic mass is 10.2. The number of carbonyl (C=O) groups excluding carboxylic acids is 2. The van der Waals surface area contributed by atoms with Crippen molar-refractivity contribution in [2.45, 2.75) is 0 Å². The Morgan fingerprint density at radius 2 is 1.96 bits per heavy atom. The zero-order valence-electron chi connectivity index (χ0n) is 14.0. The highest BCUT2D eigenvalue weighted by Crippen LogP contribution is 2.19. The van der Waals surface area contributed by atoms with Crippen LogP contribution in [0.2, 0.25) is 0 Å². The standard InChI is InChI=1S/C20H14BrFN2O3/c21-14-6-9-18(16(22)11-14)24-19(25)12-27-20(26)10-8-15-7-5-13-3-1-2-4-17(13)23-15/h1-11H,12H2,(H,24,25)/b10-8+. The first-order valence-corrected chi connectivity index (χ1v) is 8.76. The maximum Gasteiger partial charge on any atom is 0.331 e. The van der Waals surface area contributed by atoms with E-state index in [4.69, 9.17) is 4.74 Å². The Hall–Kier alpha value is -3.06. The number of benzene rings is 2. The summed E-state index contributed by atoms with van der Waals surface area (Å²) in [6.07, 6.45) is 2.69. The van der Waals surface area contributed by atoms with Gasteiger partial charge in [0.2, 0.25) is 0 Å². The minimum absolute atomic E-state index is 0.00940. The molecule has 1 heterocycles. The van der Waals surface area contributed by atoms with Crippen molar-refractivity contribution in [1.29, 1.82) is 0 Å². The van der Waals surface area contributed by atoms with Crippen LogP contribution in [0.5, 0.6) is 0 Å². The summed E-state index contributed by atoms with van der Waals surface area (Å²) >= 11 is 3.13. The summed E-state index contributed by atoms with van der Waals surface area (Å²) in [5, 5.41) is 3.33. The number of nitrogens with zero attached hydrogens (tertiary/aromatic N) is 1. The number of fused-ring (bicyclic) bond motifs is 1. The van der Waals surface area contributed by atoms with E-state index in [-0.39, 0.29) is 5.69 Å². The van der Waals surface area contributed by atoms with Crippen LogP contribution >= 0.6 is 15.9 Å². The van der Waals surface area contributed by atoms with Crippen LogP contribution in [0, 0.1) is 5.82 Å². The lowest BCUT2D eigenvalue weighted by Gasteiger charge is -2.06. The highest BCUT2D eigenvalue weighted by Gasteiger charge is 2.09. The number of rotatable bonds is 5. The molecule has 1 amide bonds. The molecule has 0 aliphatic heterocycles. The van der Waals surface area contributed by atoms with E-state index in [2.05, 4.69) is 26.2 Å². The fraction of sp³-hybridized carbons (Fsp3) is 0.0500. The van der Waals surface area contributed by atoms with E-state index in [1.54, 1.807) is 12.1 Å². The molecule has 0 fully saturated rings. The third kappa shape index (κ3) is 5.21. The lowest BCUT2D eigenvalue weighted by Crippen LogP contribution is -2.20. The second-order valence-corrected chi connectivity index (χ2v) is 6.46. The van der Waals surface area contributed by atoms with Gasteiger partial charge in [-0.25, -0.2) is 14.2 Å². The third-order valence-corrected chi connectivity index (χ3v) is 4.05. The van der Waals surface area contributed by atoms with Gasteiger partial charge in [0.15, 0.2) is 6.61 Å². The number of hydrogen-bond acceptors (Lipinski definition) is 4. The minimum atomic E-state index is -0.698. The van der Waals surface area contributed by atoms with E-state index in [9.17, 15) is 14.0 Å². The van der Waals surface area contributed by atoms with Crippen LogP contribution in [0.1, 0.15) is 5.69 Å². The molecule has 0 aliphatic rings. The van der Waals surface area contributed by atoms with Gasteiger partial charge in [-0.2, -0.15) is 0 Å². The average Bonchev–Trinajstić information content (AvgIpc) is 2.67. The number of nitrogens with one attached hydrogen (secondary N) is 1. The molecule has 0 spiro atoms. The summed E-state index contributed by atoms with van der Waals surface area (Å²) in [5.74, 6) is -1.93. The molecule has 136 valence electrons. The summed E-state index contributed by atoms with van der Waals surface area (Å²) < 4.78 is 19.1. The van der Waals surface area contributed by atoms with Gasteiger partial charge in [0.1, 0.15) is 5.82 Å². The van der Waals surface area contributed by atoms with Crippen LogP contribution in [-0.2, 0) is 14.3 Å². The van der Waals surface area contributed by atoms with Crippen molar-refractivity contribution in [2.24, 2.45) is 0 Å². The molecule has 0 saturated heterocycles. The van der Waals surface area contributed by atoms with Gasteiger partial charge in [-0.05, 0) is 36.4 Å². The van der Waals surface area contributed by atoms with Gasteiger partial charge < -0.3 is 10.1 Å². The van der Waals surface area contributed by atoms with Gasteiger partial charge in [0.25, 0.3) is 5.91 Å². The summed E-state index contributed by atoms with van der Waals surface area (Å²) in [4.78, 5) is 27.9. The Morgan fingerprint density at radius 3 is 2.78 bits per heavy atom. The van der Waals surface area contributed by atoms with Crippen molar-refractivity contribution >= 4 is 50.5 Å². The number of amides is 1. The summed E-state index contributed by atoms with van der Waals surface area (Å²) in [6, 6.07) is 15.5. The summed E-state index contributed by atoms with van der Waals surface area (Å²) in [6.45, 7) is -0.524. The number of pyridine rings is 1. The lowest BCUT2D eigenvalue weighted by molar-refractivity contribution is -0.142. The second kappa shape index (κ2) is 8.55. The van der Waals surface area contributed by atoms with Crippen molar-refractivity contribution in [3.05, 3.63) is 76.7 Å². The molecule has 2 aromatic carbocycles. The number of esters is 1. The number of aromatic nitrogens is 1. The zero-order chi connectivity index (χ0) is 19.2. The Balaban J connectivity index is 1.53. The number of para-hydroxylation sites is 1. The number of carbonyl (C=O) groups is 2. The molecule has 1 N–H and O–H groups in total. The van der Waals surface area contributed by atoms with Gasteiger partial charge >= 0.3 is 5.97 Å². The maximum atomic E-state index is 13.7. The van der Waals surface area contributed by atoms with E-state index in [1.807, 2.05) is 30.3 Å². The fourth-order valence-corrected chi connectivity index (χ4v) is 2.62. The minimum Gasteiger partial charge on any atom is -0.452 e. The largest absolute Gasteiger partial charge is 0.452 e. The average molecular weight is 429 g/mol. The fourth-order valence-electron chi connectivity index (χ4n) is 2.29. The van der Waals surface area contributed by atoms with Crippen LogP contribution in [0.25, 0.3) is 17.0 Å². The molecule has 5 nitrogen and oxygen atoms in total. The highest BCUT2D eigenvalue weighted by molar-refractivity contribution is 9.10. The van der Waals surface area contributed by atoms with Crippen LogP contribution in [0.15, 0.2) is 65.1 Å². The van der Waals surface area contributed by atoms with Crippen LogP contribution in [0.4, 0.5) is 10.1 Å².